The van der Waals surface area contributed by atoms with Crippen LogP contribution in [0.3, 0.4) is 0 Å². The average Bonchev–Trinajstić information content (AvgIpc) is 2.46. The Bertz CT molecular complexity index is 376. The first-order valence-corrected chi connectivity index (χ1v) is 7.18. The third kappa shape index (κ3) is 6.51. The van der Waals surface area contributed by atoms with Gasteiger partial charge in [-0.25, -0.2) is 0 Å². The van der Waals surface area contributed by atoms with Crippen molar-refractivity contribution in [3.05, 3.63) is 0 Å². The quantitative estimate of drug-likeness (QED) is 0.600. The second-order valence-corrected chi connectivity index (χ2v) is 4.19. The monoisotopic (exact) mass is 283 g/mol. The number of rotatable bonds is 11. The van der Waals surface area contributed by atoms with Gasteiger partial charge in [-0.05, 0) is 19.8 Å². The van der Waals surface area contributed by atoms with Gasteiger partial charge in [0, 0.05) is 26.8 Å². The highest BCUT2D eigenvalue weighted by molar-refractivity contribution is 5.35. The molecule has 0 fully saturated rings. The molecule has 0 aliphatic carbocycles. The number of ether oxygens (including phenoxy) is 2. The zero-order valence-electron chi connectivity index (χ0n) is 12.6. The molecule has 20 heavy (non-hydrogen) atoms. The van der Waals surface area contributed by atoms with E-state index in [1.165, 1.54) is 0 Å². The maximum atomic E-state index is 5.49. The molecular formula is C13H25N5O2. The van der Waals surface area contributed by atoms with Crippen molar-refractivity contribution in [1.82, 2.24) is 15.0 Å². The van der Waals surface area contributed by atoms with E-state index in [0.29, 0.717) is 24.5 Å². The standard InChI is InChI=1S/C13H25N5O2/c1-4-6-9-19-10-7-8-15-12-16-11(14-3)17-13(18-12)20-5-2/h4-10H2,1-3H3,(H2,14,15,16,17,18). The summed E-state index contributed by atoms with van der Waals surface area (Å²) < 4.78 is 10.8. The highest BCUT2D eigenvalue weighted by Gasteiger charge is 2.05. The second kappa shape index (κ2) is 10.2. The van der Waals surface area contributed by atoms with Crippen molar-refractivity contribution < 1.29 is 9.47 Å². The van der Waals surface area contributed by atoms with E-state index in [0.717, 1.165) is 39.0 Å². The zero-order valence-corrected chi connectivity index (χ0v) is 12.6. The molecule has 0 atom stereocenters. The number of unbranched alkanes of at least 4 members (excludes halogenated alkanes) is 1. The second-order valence-electron chi connectivity index (χ2n) is 4.19. The Morgan fingerprint density at radius 3 is 2.45 bits per heavy atom. The highest BCUT2D eigenvalue weighted by atomic mass is 16.5. The minimum atomic E-state index is 0.327. The predicted octanol–water partition coefficient (Wildman–Crippen LogP) is 1.93. The third-order valence-electron chi connectivity index (χ3n) is 2.50. The van der Waals surface area contributed by atoms with Gasteiger partial charge in [0.15, 0.2) is 0 Å². The van der Waals surface area contributed by atoms with Gasteiger partial charge < -0.3 is 20.1 Å². The van der Waals surface area contributed by atoms with Crippen LogP contribution < -0.4 is 15.4 Å². The summed E-state index contributed by atoms with van der Waals surface area (Å²) >= 11 is 0. The van der Waals surface area contributed by atoms with E-state index in [-0.39, 0.29) is 0 Å². The van der Waals surface area contributed by atoms with Gasteiger partial charge in [-0.15, -0.1) is 0 Å². The number of anilines is 2. The first kappa shape index (κ1) is 16.4. The fourth-order valence-corrected chi connectivity index (χ4v) is 1.46. The predicted molar refractivity (Wildman–Crippen MR) is 79.4 cm³/mol. The van der Waals surface area contributed by atoms with E-state index >= 15 is 0 Å². The Morgan fingerprint density at radius 2 is 1.75 bits per heavy atom. The highest BCUT2D eigenvalue weighted by Crippen LogP contribution is 2.10. The van der Waals surface area contributed by atoms with E-state index in [9.17, 15) is 0 Å². The van der Waals surface area contributed by atoms with E-state index in [1.54, 1.807) is 7.05 Å². The van der Waals surface area contributed by atoms with Gasteiger partial charge in [0.2, 0.25) is 11.9 Å². The van der Waals surface area contributed by atoms with Gasteiger partial charge in [0.1, 0.15) is 0 Å². The average molecular weight is 283 g/mol. The van der Waals surface area contributed by atoms with Crippen LogP contribution in [0, 0.1) is 0 Å². The van der Waals surface area contributed by atoms with E-state index in [4.69, 9.17) is 9.47 Å². The van der Waals surface area contributed by atoms with Crippen LogP contribution in [0.1, 0.15) is 33.1 Å². The molecular weight excluding hydrogens is 258 g/mol. The molecule has 0 unspecified atom stereocenters. The molecule has 7 heteroatoms. The summed E-state index contributed by atoms with van der Waals surface area (Å²) in [7, 11) is 1.76. The van der Waals surface area contributed by atoms with Gasteiger partial charge in [-0.3, -0.25) is 0 Å². The Kier molecular flexibility index (Phi) is 8.37. The van der Waals surface area contributed by atoms with Crippen LogP contribution >= 0.6 is 0 Å². The molecule has 0 radical (unpaired) electrons. The van der Waals surface area contributed by atoms with E-state index < -0.39 is 0 Å². The molecule has 7 nitrogen and oxygen atoms in total. The summed E-state index contributed by atoms with van der Waals surface area (Å²) in [6, 6.07) is 0.327. The minimum Gasteiger partial charge on any atom is -0.464 e. The fourth-order valence-electron chi connectivity index (χ4n) is 1.46. The summed E-state index contributed by atoms with van der Waals surface area (Å²) in [5.41, 5.74) is 0. The molecule has 114 valence electrons. The number of nitrogens with one attached hydrogen (secondary N) is 2. The molecule has 2 N–H and O–H groups in total. The number of hydrogen-bond acceptors (Lipinski definition) is 7. The molecule has 0 amide bonds. The molecule has 0 aromatic carbocycles. The smallest absolute Gasteiger partial charge is 0.323 e. The molecule has 0 bridgehead atoms. The number of hydrogen-bond donors (Lipinski definition) is 2. The lowest BCUT2D eigenvalue weighted by Crippen LogP contribution is -2.11. The lowest BCUT2D eigenvalue weighted by molar-refractivity contribution is 0.131. The van der Waals surface area contributed by atoms with Crippen LogP contribution in [-0.4, -0.2) is 48.4 Å². The van der Waals surface area contributed by atoms with Crippen LogP contribution in [0.4, 0.5) is 11.9 Å². The molecule has 0 saturated carbocycles. The Hall–Kier alpha value is -1.63. The molecule has 0 aliphatic heterocycles. The SMILES string of the molecule is CCCCOCCCNc1nc(NC)nc(OCC)n1. The van der Waals surface area contributed by atoms with Crippen LogP contribution in [0.2, 0.25) is 0 Å². The topological polar surface area (TPSA) is 81.2 Å². The van der Waals surface area contributed by atoms with Crippen LogP contribution in [-0.2, 0) is 4.74 Å². The van der Waals surface area contributed by atoms with Crippen LogP contribution in [0.15, 0.2) is 0 Å². The van der Waals surface area contributed by atoms with Gasteiger partial charge in [-0.1, -0.05) is 13.3 Å². The van der Waals surface area contributed by atoms with Gasteiger partial charge in [0.25, 0.3) is 0 Å². The number of aromatic nitrogens is 3. The van der Waals surface area contributed by atoms with Crippen molar-refractivity contribution >= 4 is 11.9 Å². The van der Waals surface area contributed by atoms with Crippen molar-refractivity contribution in [3.8, 4) is 6.01 Å². The third-order valence-corrected chi connectivity index (χ3v) is 2.50. The van der Waals surface area contributed by atoms with E-state index in [1.807, 2.05) is 6.92 Å². The minimum absolute atomic E-state index is 0.327. The normalized spacial score (nSPS) is 10.3. The van der Waals surface area contributed by atoms with Crippen molar-refractivity contribution in [2.24, 2.45) is 0 Å². The lowest BCUT2D eigenvalue weighted by atomic mass is 10.4. The van der Waals surface area contributed by atoms with E-state index in [2.05, 4.69) is 32.5 Å². The molecule has 0 saturated heterocycles. The van der Waals surface area contributed by atoms with Crippen LogP contribution in [0.5, 0.6) is 6.01 Å². The molecule has 0 aliphatic rings. The van der Waals surface area contributed by atoms with Gasteiger partial charge in [-0.2, -0.15) is 15.0 Å². The van der Waals surface area contributed by atoms with Gasteiger partial charge >= 0.3 is 6.01 Å². The fraction of sp³-hybridized carbons (Fsp3) is 0.769. The Labute approximate surface area is 120 Å². The Morgan fingerprint density at radius 1 is 1.00 bits per heavy atom. The summed E-state index contributed by atoms with van der Waals surface area (Å²) in [6.07, 6.45) is 3.19. The maximum Gasteiger partial charge on any atom is 0.323 e. The Balaban J connectivity index is 2.33. The molecule has 1 aromatic heterocycles. The lowest BCUT2D eigenvalue weighted by Gasteiger charge is -2.08. The molecule has 0 spiro atoms. The first-order valence-electron chi connectivity index (χ1n) is 7.18. The molecule has 1 rings (SSSR count). The van der Waals surface area contributed by atoms with Crippen molar-refractivity contribution in [1.29, 1.82) is 0 Å². The number of nitrogens with zero attached hydrogens (tertiary/aromatic N) is 3. The van der Waals surface area contributed by atoms with Crippen LogP contribution in [0.25, 0.3) is 0 Å². The maximum absolute atomic E-state index is 5.49. The summed E-state index contributed by atoms with van der Waals surface area (Å²) in [5.74, 6) is 1.01. The van der Waals surface area contributed by atoms with Crippen molar-refractivity contribution in [2.75, 3.05) is 44.0 Å². The summed E-state index contributed by atoms with van der Waals surface area (Å²) in [4.78, 5) is 12.5. The molecule has 1 heterocycles. The largest absolute Gasteiger partial charge is 0.464 e. The van der Waals surface area contributed by atoms with Gasteiger partial charge in [0.05, 0.1) is 6.61 Å². The van der Waals surface area contributed by atoms with Crippen molar-refractivity contribution in [3.63, 3.8) is 0 Å². The molecule has 1 aromatic rings. The summed E-state index contributed by atoms with van der Waals surface area (Å²) in [5, 5.41) is 6.03. The first-order chi connectivity index (χ1) is 9.80. The van der Waals surface area contributed by atoms with Crippen molar-refractivity contribution in [2.45, 2.75) is 33.1 Å². The summed E-state index contributed by atoms with van der Waals surface area (Å²) in [6.45, 7) is 6.91. The zero-order chi connectivity index (χ0) is 14.6.